The lowest BCUT2D eigenvalue weighted by Gasteiger charge is -2.18. The van der Waals surface area contributed by atoms with Gasteiger partial charge in [-0.15, -0.1) is 0 Å². The van der Waals surface area contributed by atoms with Gasteiger partial charge in [0.2, 0.25) is 5.91 Å². The molecule has 3 aromatic carbocycles. The van der Waals surface area contributed by atoms with E-state index in [9.17, 15) is 18.4 Å². The molecule has 0 aromatic heterocycles. The topological polar surface area (TPSA) is 89.1 Å². The molecule has 3 rings (SSSR count). The van der Waals surface area contributed by atoms with Crippen LogP contribution < -0.4 is 24.8 Å². The normalized spacial score (nSPS) is 10.8. The average molecular weight is 500 g/mol. The van der Waals surface area contributed by atoms with E-state index in [4.69, 9.17) is 9.47 Å². The van der Waals surface area contributed by atoms with Crippen molar-refractivity contribution < 1.29 is 32.6 Å². The maximum atomic E-state index is 12.5. The van der Waals surface area contributed by atoms with E-state index in [1.807, 2.05) is 0 Å². The van der Waals surface area contributed by atoms with Crippen LogP contribution in [0.1, 0.15) is 15.9 Å². The molecule has 2 N–H and O–H groups in total. The average Bonchev–Trinajstić information content (AvgIpc) is 2.85. The predicted octanol–water partition coefficient (Wildman–Crippen LogP) is 4.63. The number of hydrogen-bond acceptors (Lipinski definition) is 6. The first-order valence-corrected chi connectivity index (χ1v) is 10.9. The van der Waals surface area contributed by atoms with E-state index in [-0.39, 0.29) is 29.9 Å². The highest BCUT2D eigenvalue weighted by Crippen LogP contribution is 2.29. The Hall–Kier alpha value is -4.18. The smallest absolute Gasteiger partial charge is 0.387 e. The summed E-state index contributed by atoms with van der Waals surface area (Å²) < 4.78 is 39.6. The molecule has 0 aliphatic rings. The molecule has 36 heavy (non-hydrogen) atoms. The number of anilines is 2. The summed E-state index contributed by atoms with van der Waals surface area (Å²) in [5.74, 6) is 0.283. The van der Waals surface area contributed by atoms with Crippen molar-refractivity contribution in [2.24, 2.45) is 0 Å². The van der Waals surface area contributed by atoms with Crippen molar-refractivity contribution in [2.75, 3.05) is 38.4 Å². The quantitative estimate of drug-likeness (QED) is 0.400. The number of likely N-dealkylation sites (N-methyl/N-ethyl adjacent to an activating group) is 1. The van der Waals surface area contributed by atoms with Crippen LogP contribution in [0.3, 0.4) is 0 Å². The van der Waals surface area contributed by atoms with Crippen LogP contribution in [-0.4, -0.2) is 51.1 Å². The van der Waals surface area contributed by atoms with Crippen molar-refractivity contribution in [1.82, 2.24) is 4.90 Å². The second kappa shape index (κ2) is 12.5. The van der Waals surface area contributed by atoms with E-state index in [1.54, 1.807) is 79.7 Å². The van der Waals surface area contributed by atoms with Gasteiger partial charge in [-0.2, -0.15) is 8.78 Å². The molecule has 0 spiro atoms. The third kappa shape index (κ3) is 7.67. The Morgan fingerprint density at radius 2 is 1.50 bits per heavy atom. The molecule has 3 aromatic rings. The zero-order chi connectivity index (χ0) is 26.1. The van der Waals surface area contributed by atoms with Crippen LogP contribution in [-0.2, 0) is 11.3 Å². The number of carbonyl (C=O) groups is 2. The predicted molar refractivity (Wildman–Crippen MR) is 132 cm³/mol. The Bertz CT molecular complexity index is 1170. The lowest BCUT2D eigenvalue weighted by molar-refractivity contribution is -0.117. The maximum absolute atomic E-state index is 12.5. The van der Waals surface area contributed by atoms with Crippen molar-refractivity contribution in [3.63, 3.8) is 0 Å². The molecule has 2 amide bonds. The van der Waals surface area contributed by atoms with Crippen LogP contribution in [0.2, 0.25) is 0 Å². The molecule has 8 nitrogen and oxygen atoms in total. The minimum absolute atomic E-state index is 0.0576. The van der Waals surface area contributed by atoms with Crippen LogP contribution in [0.4, 0.5) is 20.2 Å². The van der Waals surface area contributed by atoms with E-state index in [0.29, 0.717) is 29.2 Å². The van der Waals surface area contributed by atoms with Gasteiger partial charge in [0, 0.05) is 23.5 Å². The number of halogens is 2. The molecule has 0 aliphatic heterocycles. The van der Waals surface area contributed by atoms with E-state index in [1.165, 1.54) is 13.2 Å². The van der Waals surface area contributed by atoms with Crippen LogP contribution in [0, 0.1) is 0 Å². The largest absolute Gasteiger partial charge is 0.497 e. The van der Waals surface area contributed by atoms with Crippen LogP contribution >= 0.6 is 0 Å². The van der Waals surface area contributed by atoms with Gasteiger partial charge in [-0.3, -0.25) is 14.5 Å². The zero-order valence-corrected chi connectivity index (χ0v) is 20.1. The van der Waals surface area contributed by atoms with Gasteiger partial charge in [0.05, 0.1) is 20.8 Å². The highest BCUT2D eigenvalue weighted by atomic mass is 19.3. The number of alkyl halides is 2. The van der Waals surface area contributed by atoms with Gasteiger partial charge in [0.25, 0.3) is 5.91 Å². The number of amides is 2. The van der Waals surface area contributed by atoms with E-state index < -0.39 is 6.61 Å². The van der Waals surface area contributed by atoms with Crippen molar-refractivity contribution in [2.45, 2.75) is 13.2 Å². The molecular formula is C26H27F2N3O5. The molecule has 0 unspecified atom stereocenters. The first-order chi connectivity index (χ1) is 17.3. The molecule has 0 saturated heterocycles. The number of nitrogens with one attached hydrogen (secondary N) is 2. The summed E-state index contributed by atoms with van der Waals surface area (Å²) in [5, 5.41) is 5.58. The summed E-state index contributed by atoms with van der Waals surface area (Å²) in [4.78, 5) is 26.7. The highest BCUT2D eigenvalue weighted by molar-refractivity contribution is 6.04. The third-order valence-corrected chi connectivity index (χ3v) is 5.09. The standard InChI is InChI=1S/C26H27F2N3O5/c1-31(15-17-4-13-22(36-26(27)28)23(14-17)35-3)16-24(32)29-19-7-5-18(6-8-19)25(33)30-20-9-11-21(34-2)12-10-20/h4-14,26H,15-16H2,1-3H3,(H,29,32)(H,30,33). The Morgan fingerprint density at radius 3 is 2.11 bits per heavy atom. The molecule has 0 aliphatic carbocycles. The van der Waals surface area contributed by atoms with E-state index in [2.05, 4.69) is 15.4 Å². The Morgan fingerprint density at radius 1 is 0.861 bits per heavy atom. The van der Waals surface area contributed by atoms with Gasteiger partial charge in [0.1, 0.15) is 5.75 Å². The summed E-state index contributed by atoms with van der Waals surface area (Å²) in [6.45, 7) is -2.49. The second-order valence-electron chi connectivity index (χ2n) is 7.84. The lowest BCUT2D eigenvalue weighted by atomic mass is 10.2. The van der Waals surface area contributed by atoms with E-state index in [0.717, 1.165) is 5.56 Å². The molecule has 0 radical (unpaired) electrons. The molecule has 0 atom stereocenters. The number of rotatable bonds is 11. The lowest BCUT2D eigenvalue weighted by Crippen LogP contribution is -2.29. The minimum atomic E-state index is -2.95. The van der Waals surface area contributed by atoms with Gasteiger partial charge in [-0.1, -0.05) is 6.07 Å². The van der Waals surface area contributed by atoms with Crippen molar-refractivity contribution in [3.05, 3.63) is 77.9 Å². The molecule has 0 saturated carbocycles. The molecule has 0 heterocycles. The Balaban J connectivity index is 1.51. The van der Waals surface area contributed by atoms with Gasteiger partial charge >= 0.3 is 6.61 Å². The molecule has 0 fully saturated rings. The molecular weight excluding hydrogens is 472 g/mol. The monoisotopic (exact) mass is 499 g/mol. The number of methoxy groups -OCH3 is 2. The fourth-order valence-corrected chi connectivity index (χ4v) is 3.40. The van der Waals surface area contributed by atoms with Crippen LogP contribution in [0.25, 0.3) is 0 Å². The van der Waals surface area contributed by atoms with Gasteiger partial charge in [0.15, 0.2) is 11.5 Å². The molecule has 10 heteroatoms. The second-order valence-corrected chi connectivity index (χ2v) is 7.84. The first-order valence-electron chi connectivity index (χ1n) is 10.9. The van der Waals surface area contributed by atoms with Crippen molar-refractivity contribution in [1.29, 1.82) is 0 Å². The molecule has 0 bridgehead atoms. The fourth-order valence-electron chi connectivity index (χ4n) is 3.40. The van der Waals surface area contributed by atoms with Crippen molar-refractivity contribution >= 4 is 23.2 Å². The number of carbonyl (C=O) groups excluding carboxylic acids is 2. The summed E-state index contributed by atoms with van der Waals surface area (Å²) >= 11 is 0. The third-order valence-electron chi connectivity index (χ3n) is 5.09. The molecule has 190 valence electrons. The maximum Gasteiger partial charge on any atom is 0.387 e. The number of hydrogen-bond donors (Lipinski definition) is 2. The summed E-state index contributed by atoms with van der Waals surface area (Å²) in [5.41, 5.74) is 2.38. The van der Waals surface area contributed by atoms with Crippen LogP contribution in [0.5, 0.6) is 17.2 Å². The van der Waals surface area contributed by atoms with Gasteiger partial charge in [-0.25, -0.2) is 0 Å². The summed E-state index contributed by atoms with van der Waals surface area (Å²) in [7, 11) is 4.68. The zero-order valence-electron chi connectivity index (χ0n) is 20.1. The van der Waals surface area contributed by atoms with Gasteiger partial charge in [-0.05, 0) is 73.3 Å². The summed E-state index contributed by atoms with van der Waals surface area (Å²) in [6.07, 6.45) is 0. The number of benzene rings is 3. The Labute approximate surface area is 207 Å². The Kier molecular flexibility index (Phi) is 9.18. The van der Waals surface area contributed by atoms with Crippen LogP contribution in [0.15, 0.2) is 66.7 Å². The SMILES string of the molecule is COc1ccc(NC(=O)c2ccc(NC(=O)CN(C)Cc3ccc(OC(F)F)c(OC)c3)cc2)cc1. The van der Waals surface area contributed by atoms with Gasteiger partial charge < -0.3 is 24.8 Å². The van der Waals surface area contributed by atoms with E-state index >= 15 is 0 Å². The number of nitrogens with zero attached hydrogens (tertiary/aromatic N) is 1. The first kappa shape index (κ1) is 26.4. The fraction of sp³-hybridized carbons (Fsp3) is 0.231. The summed E-state index contributed by atoms with van der Waals surface area (Å²) in [6, 6.07) is 18.1. The highest BCUT2D eigenvalue weighted by Gasteiger charge is 2.13. The van der Waals surface area contributed by atoms with Crippen molar-refractivity contribution in [3.8, 4) is 17.2 Å². The minimum Gasteiger partial charge on any atom is -0.497 e. The number of ether oxygens (including phenoxy) is 3.